The largest absolute Gasteiger partial charge is 0.462 e. The van der Waals surface area contributed by atoms with Crippen LogP contribution in [0.15, 0.2) is 6.07 Å². The van der Waals surface area contributed by atoms with Gasteiger partial charge in [-0.3, -0.25) is 0 Å². The van der Waals surface area contributed by atoms with Crippen LogP contribution in [0.2, 0.25) is 0 Å². The van der Waals surface area contributed by atoms with E-state index in [0.29, 0.717) is 18.4 Å². The van der Waals surface area contributed by atoms with Gasteiger partial charge in [0.25, 0.3) is 0 Å². The van der Waals surface area contributed by atoms with Crippen LogP contribution in [0.1, 0.15) is 20.3 Å². The zero-order valence-electron chi connectivity index (χ0n) is 11.4. The highest BCUT2D eigenvalue weighted by atomic mass is 16.5. The van der Waals surface area contributed by atoms with Crippen molar-refractivity contribution in [3.63, 3.8) is 0 Å². The number of nitrogens with zero attached hydrogens (tertiary/aromatic N) is 3. The molecule has 0 saturated carbocycles. The third kappa shape index (κ3) is 4.37. The molecule has 1 aromatic heterocycles. The summed E-state index contributed by atoms with van der Waals surface area (Å²) in [7, 11) is 1.87. The molecular weight excluding hydrogens is 230 g/mol. The molecular formula is C12H23N5O. The summed E-state index contributed by atoms with van der Waals surface area (Å²) in [4.78, 5) is 10.6. The Bertz CT molecular complexity index is 358. The van der Waals surface area contributed by atoms with Gasteiger partial charge in [-0.15, -0.1) is 0 Å². The molecule has 18 heavy (non-hydrogen) atoms. The summed E-state index contributed by atoms with van der Waals surface area (Å²) in [5.41, 5.74) is 5.78. The lowest BCUT2D eigenvalue weighted by molar-refractivity contribution is 0.294. The second-order valence-electron chi connectivity index (χ2n) is 3.97. The third-order valence-corrected chi connectivity index (χ3v) is 2.49. The Morgan fingerprint density at radius 3 is 2.78 bits per heavy atom. The van der Waals surface area contributed by atoms with Crippen LogP contribution in [0.5, 0.6) is 6.01 Å². The molecule has 0 aliphatic rings. The Hall–Kier alpha value is -1.56. The first kappa shape index (κ1) is 14.5. The summed E-state index contributed by atoms with van der Waals surface area (Å²) in [5.74, 6) is 1.26. The van der Waals surface area contributed by atoms with Gasteiger partial charge in [-0.25, -0.2) is 0 Å². The van der Waals surface area contributed by atoms with Crippen molar-refractivity contribution in [2.45, 2.75) is 20.3 Å². The van der Waals surface area contributed by atoms with Gasteiger partial charge in [0, 0.05) is 25.7 Å². The summed E-state index contributed by atoms with van der Waals surface area (Å²) in [6.45, 7) is 7.34. The fraction of sp³-hybridized carbons (Fsp3) is 0.667. The summed E-state index contributed by atoms with van der Waals surface area (Å²) in [5, 5.41) is 3.00. The maximum absolute atomic E-state index is 5.78. The molecule has 0 atom stereocenters. The highest BCUT2D eigenvalue weighted by Crippen LogP contribution is 2.17. The number of nitrogen functional groups attached to an aromatic ring is 1. The molecule has 0 aromatic carbocycles. The van der Waals surface area contributed by atoms with Crippen LogP contribution in [-0.2, 0) is 0 Å². The fourth-order valence-electron chi connectivity index (χ4n) is 1.61. The Labute approximate surface area is 109 Å². The number of rotatable bonds is 8. The van der Waals surface area contributed by atoms with Gasteiger partial charge >= 0.3 is 6.01 Å². The molecule has 3 N–H and O–H groups in total. The second kappa shape index (κ2) is 7.71. The normalized spacial score (nSPS) is 10.4. The van der Waals surface area contributed by atoms with Crippen molar-refractivity contribution in [2.75, 3.05) is 43.9 Å². The lowest BCUT2D eigenvalue weighted by Crippen LogP contribution is -2.25. The van der Waals surface area contributed by atoms with E-state index in [0.717, 1.165) is 31.9 Å². The van der Waals surface area contributed by atoms with Gasteiger partial charge in [-0.1, -0.05) is 6.92 Å². The molecule has 6 nitrogen and oxygen atoms in total. The predicted octanol–water partition coefficient (Wildman–Crippen LogP) is 0.893. The van der Waals surface area contributed by atoms with Crippen molar-refractivity contribution in [1.82, 2.24) is 15.3 Å². The Morgan fingerprint density at radius 2 is 2.17 bits per heavy atom. The van der Waals surface area contributed by atoms with Crippen molar-refractivity contribution in [2.24, 2.45) is 0 Å². The second-order valence-corrected chi connectivity index (χ2v) is 3.97. The summed E-state index contributed by atoms with van der Waals surface area (Å²) in [6, 6.07) is 2.12. The van der Waals surface area contributed by atoms with Gasteiger partial charge in [-0.05, 0) is 20.4 Å². The Balaban J connectivity index is 2.78. The van der Waals surface area contributed by atoms with E-state index in [2.05, 4.69) is 34.0 Å². The first-order valence-corrected chi connectivity index (χ1v) is 6.38. The minimum absolute atomic E-state index is 0.342. The molecule has 0 unspecified atom stereocenters. The average molecular weight is 253 g/mol. The van der Waals surface area contributed by atoms with Crippen LogP contribution < -0.4 is 20.7 Å². The monoisotopic (exact) mass is 253 g/mol. The van der Waals surface area contributed by atoms with Crippen molar-refractivity contribution in [3.05, 3.63) is 6.07 Å². The van der Waals surface area contributed by atoms with Gasteiger partial charge in [0.05, 0.1) is 0 Å². The van der Waals surface area contributed by atoms with Crippen molar-refractivity contribution in [1.29, 1.82) is 0 Å². The Morgan fingerprint density at radius 1 is 1.39 bits per heavy atom. The first-order valence-electron chi connectivity index (χ1n) is 6.38. The standard InChI is InChI=1S/C12H23N5O/c1-4-7-17(5-2)11-9-10(13)15-12(16-11)18-8-6-14-3/h9,14H,4-8H2,1-3H3,(H2,13,15,16). The average Bonchev–Trinajstić information content (AvgIpc) is 2.35. The Kier molecular flexibility index (Phi) is 6.21. The van der Waals surface area contributed by atoms with Crippen molar-refractivity contribution >= 4 is 11.6 Å². The van der Waals surface area contributed by atoms with Crippen LogP contribution in [-0.4, -0.2) is 43.3 Å². The van der Waals surface area contributed by atoms with Crippen LogP contribution >= 0.6 is 0 Å². The molecule has 0 spiro atoms. The van der Waals surface area contributed by atoms with Crippen LogP contribution in [0.25, 0.3) is 0 Å². The summed E-state index contributed by atoms with van der Waals surface area (Å²) in [6.07, 6.45) is 1.06. The van der Waals surface area contributed by atoms with E-state index in [9.17, 15) is 0 Å². The third-order valence-electron chi connectivity index (χ3n) is 2.49. The van der Waals surface area contributed by atoms with E-state index in [1.165, 1.54) is 0 Å². The lowest BCUT2D eigenvalue weighted by Gasteiger charge is -2.21. The van der Waals surface area contributed by atoms with E-state index in [4.69, 9.17) is 10.5 Å². The summed E-state index contributed by atoms with van der Waals surface area (Å²) >= 11 is 0. The number of anilines is 2. The van der Waals surface area contributed by atoms with E-state index >= 15 is 0 Å². The van der Waals surface area contributed by atoms with Crippen molar-refractivity contribution < 1.29 is 4.74 Å². The number of nitrogens with two attached hydrogens (primary N) is 1. The van der Waals surface area contributed by atoms with E-state index in [1.807, 2.05) is 7.05 Å². The smallest absolute Gasteiger partial charge is 0.320 e. The molecule has 6 heteroatoms. The van der Waals surface area contributed by atoms with Crippen LogP contribution in [0.4, 0.5) is 11.6 Å². The zero-order valence-corrected chi connectivity index (χ0v) is 11.4. The molecule has 102 valence electrons. The van der Waals surface area contributed by atoms with Gasteiger partial charge in [-0.2, -0.15) is 9.97 Å². The van der Waals surface area contributed by atoms with Gasteiger partial charge in [0.2, 0.25) is 0 Å². The molecule has 0 fully saturated rings. The number of nitrogens with one attached hydrogen (secondary N) is 1. The topological polar surface area (TPSA) is 76.3 Å². The molecule has 1 rings (SSSR count). The molecule has 1 aromatic rings. The SMILES string of the molecule is CCCN(CC)c1cc(N)nc(OCCNC)n1. The highest BCUT2D eigenvalue weighted by Gasteiger charge is 2.09. The zero-order chi connectivity index (χ0) is 13.4. The number of aromatic nitrogens is 2. The molecule has 1 heterocycles. The number of likely N-dealkylation sites (N-methyl/N-ethyl adjacent to an activating group) is 1. The molecule has 0 aliphatic heterocycles. The predicted molar refractivity (Wildman–Crippen MR) is 74.0 cm³/mol. The summed E-state index contributed by atoms with van der Waals surface area (Å²) < 4.78 is 5.45. The molecule has 0 amide bonds. The number of ether oxygens (including phenoxy) is 1. The highest BCUT2D eigenvalue weighted by molar-refractivity contribution is 5.47. The minimum Gasteiger partial charge on any atom is -0.462 e. The maximum atomic E-state index is 5.78. The maximum Gasteiger partial charge on any atom is 0.320 e. The number of hydrogen-bond donors (Lipinski definition) is 2. The van der Waals surface area contributed by atoms with Gasteiger partial charge in [0.15, 0.2) is 0 Å². The van der Waals surface area contributed by atoms with Crippen molar-refractivity contribution in [3.8, 4) is 6.01 Å². The van der Waals surface area contributed by atoms with Crippen LogP contribution in [0.3, 0.4) is 0 Å². The lowest BCUT2D eigenvalue weighted by atomic mass is 10.4. The fourth-order valence-corrected chi connectivity index (χ4v) is 1.61. The van der Waals surface area contributed by atoms with E-state index < -0.39 is 0 Å². The molecule has 0 saturated heterocycles. The molecule has 0 bridgehead atoms. The van der Waals surface area contributed by atoms with Gasteiger partial charge < -0.3 is 20.7 Å². The quantitative estimate of drug-likeness (QED) is 0.670. The van der Waals surface area contributed by atoms with E-state index in [1.54, 1.807) is 6.07 Å². The molecule has 0 aliphatic carbocycles. The molecule has 0 radical (unpaired) electrons. The van der Waals surface area contributed by atoms with Crippen LogP contribution in [0, 0.1) is 0 Å². The van der Waals surface area contributed by atoms with E-state index in [-0.39, 0.29) is 0 Å². The first-order chi connectivity index (χ1) is 8.71. The number of hydrogen-bond acceptors (Lipinski definition) is 6. The van der Waals surface area contributed by atoms with Gasteiger partial charge in [0.1, 0.15) is 18.2 Å². The minimum atomic E-state index is 0.342.